The standard InChI is InChI=1S/C13H20INOS/c1-2-9(6-7-16)15-11-4-3-5-12-10(11)8-13(14)17-12/h8-9,11,15-16H,2-7H2,1H3. The van der Waals surface area contributed by atoms with Gasteiger partial charge in [-0.25, -0.2) is 0 Å². The average molecular weight is 365 g/mol. The molecule has 1 aliphatic carbocycles. The van der Waals surface area contributed by atoms with E-state index in [1.165, 1.54) is 27.7 Å². The minimum atomic E-state index is 0.284. The zero-order chi connectivity index (χ0) is 12.3. The highest BCUT2D eigenvalue weighted by Crippen LogP contribution is 2.36. The molecule has 2 nitrogen and oxygen atoms in total. The van der Waals surface area contributed by atoms with E-state index < -0.39 is 0 Å². The lowest BCUT2D eigenvalue weighted by molar-refractivity contribution is 0.252. The smallest absolute Gasteiger partial charge is 0.0659 e. The normalized spacial score (nSPS) is 21.2. The molecule has 0 saturated heterocycles. The number of halogens is 1. The highest BCUT2D eigenvalue weighted by molar-refractivity contribution is 14.1. The van der Waals surface area contributed by atoms with Crippen molar-refractivity contribution in [3.8, 4) is 0 Å². The Morgan fingerprint density at radius 2 is 2.47 bits per heavy atom. The van der Waals surface area contributed by atoms with Crippen LogP contribution in [0.5, 0.6) is 0 Å². The molecule has 0 fully saturated rings. The van der Waals surface area contributed by atoms with Crippen LogP contribution in [0.3, 0.4) is 0 Å². The Morgan fingerprint density at radius 1 is 1.65 bits per heavy atom. The summed E-state index contributed by atoms with van der Waals surface area (Å²) in [6, 6.07) is 3.30. The van der Waals surface area contributed by atoms with Crippen LogP contribution in [-0.4, -0.2) is 17.8 Å². The quantitative estimate of drug-likeness (QED) is 0.783. The fraction of sp³-hybridized carbons (Fsp3) is 0.692. The summed E-state index contributed by atoms with van der Waals surface area (Å²) in [7, 11) is 0. The van der Waals surface area contributed by atoms with Gasteiger partial charge in [-0.3, -0.25) is 0 Å². The van der Waals surface area contributed by atoms with Gasteiger partial charge >= 0.3 is 0 Å². The molecule has 0 bridgehead atoms. The molecule has 0 aliphatic heterocycles. The zero-order valence-electron chi connectivity index (χ0n) is 10.2. The Labute approximate surface area is 121 Å². The first-order valence-electron chi connectivity index (χ1n) is 6.39. The fourth-order valence-corrected chi connectivity index (χ4v) is 4.66. The van der Waals surface area contributed by atoms with Crippen LogP contribution < -0.4 is 5.32 Å². The van der Waals surface area contributed by atoms with Gasteiger partial charge in [-0.15, -0.1) is 11.3 Å². The molecule has 2 atom stereocenters. The zero-order valence-corrected chi connectivity index (χ0v) is 13.2. The molecule has 1 aliphatic rings. The third-order valence-electron chi connectivity index (χ3n) is 3.49. The first-order valence-corrected chi connectivity index (χ1v) is 8.29. The second-order valence-corrected chi connectivity index (χ2v) is 7.69. The topological polar surface area (TPSA) is 32.3 Å². The fourth-order valence-electron chi connectivity index (χ4n) is 2.54. The first kappa shape index (κ1) is 13.8. The SMILES string of the molecule is CCC(CCO)NC1CCCc2sc(I)cc21. The van der Waals surface area contributed by atoms with E-state index in [-0.39, 0.29) is 6.61 Å². The molecule has 0 amide bonds. The number of hydrogen-bond donors (Lipinski definition) is 2. The first-order chi connectivity index (χ1) is 8.24. The van der Waals surface area contributed by atoms with E-state index in [1.54, 1.807) is 4.88 Å². The van der Waals surface area contributed by atoms with Gasteiger partial charge < -0.3 is 10.4 Å². The van der Waals surface area contributed by atoms with Crippen LogP contribution >= 0.6 is 33.9 Å². The third-order valence-corrected chi connectivity index (χ3v) is 5.46. The van der Waals surface area contributed by atoms with Crippen molar-refractivity contribution in [1.82, 2.24) is 5.32 Å². The molecule has 4 heteroatoms. The van der Waals surface area contributed by atoms with Crippen molar-refractivity contribution in [3.05, 3.63) is 19.4 Å². The van der Waals surface area contributed by atoms with Crippen molar-refractivity contribution >= 4 is 33.9 Å². The molecular formula is C13H20INOS. The van der Waals surface area contributed by atoms with Gasteiger partial charge in [0.15, 0.2) is 0 Å². The van der Waals surface area contributed by atoms with Crippen LogP contribution in [0.2, 0.25) is 0 Å². The number of aliphatic hydroxyl groups is 1. The van der Waals surface area contributed by atoms with E-state index in [0.717, 1.165) is 12.8 Å². The van der Waals surface area contributed by atoms with Gasteiger partial charge in [-0.1, -0.05) is 6.92 Å². The van der Waals surface area contributed by atoms with E-state index in [4.69, 9.17) is 5.11 Å². The van der Waals surface area contributed by atoms with Gasteiger partial charge in [0, 0.05) is 23.6 Å². The largest absolute Gasteiger partial charge is 0.396 e. The minimum absolute atomic E-state index is 0.284. The van der Waals surface area contributed by atoms with Gasteiger partial charge in [-0.05, 0) is 66.3 Å². The highest BCUT2D eigenvalue weighted by atomic mass is 127. The predicted molar refractivity (Wildman–Crippen MR) is 81.6 cm³/mol. The number of nitrogens with one attached hydrogen (secondary N) is 1. The molecule has 0 aromatic carbocycles. The summed E-state index contributed by atoms with van der Waals surface area (Å²) in [5.74, 6) is 0. The lowest BCUT2D eigenvalue weighted by atomic mass is 9.93. The molecule has 17 heavy (non-hydrogen) atoms. The van der Waals surface area contributed by atoms with Gasteiger partial charge in [-0.2, -0.15) is 0 Å². The maximum atomic E-state index is 9.06. The highest BCUT2D eigenvalue weighted by Gasteiger charge is 2.24. The molecule has 1 heterocycles. The van der Waals surface area contributed by atoms with E-state index in [1.807, 2.05) is 11.3 Å². The van der Waals surface area contributed by atoms with Crippen LogP contribution in [0, 0.1) is 2.88 Å². The minimum Gasteiger partial charge on any atom is -0.396 e. The predicted octanol–water partition coefficient (Wildman–Crippen LogP) is 3.48. The van der Waals surface area contributed by atoms with Crippen molar-refractivity contribution in [2.24, 2.45) is 0 Å². The molecule has 2 rings (SSSR count). The second kappa shape index (κ2) is 6.50. The average Bonchev–Trinajstić information content (AvgIpc) is 2.70. The molecule has 1 aromatic rings. The molecule has 0 saturated carbocycles. The van der Waals surface area contributed by atoms with Crippen LogP contribution in [-0.2, 0) is 6.42 Å². The Balaban J connectivity index is 2.07. The second-order valence-electron chi connectivity index (χ2n) is 4.66. The molecule has 0 spiro atoms. The van der Waals surface area contributed by atoms with Gasteiger partial charge in [0.05, 0.1) is 2.88 Å². The van der Waals surface area contributed by atoms with E-state index in [9.17, 15) is 0 Å². The van der Waals surface area contributed by atoms with Gasteiger partial charge in [0.2, 0.25) is 0 Å². The summed E-state index contributed by atoms with van der Waals surface area (Å²) in [6.07, 6.45) is 5.73. The van der Waals surface area contributed by atoms with Crippen LogP contribution in [0.1, 0.15) is 49.1 Å². The lowest BCUT2D eigenvalue weighted by Crippen LogP contribution is -2.34. The Kier molecular flexibility index (Phi) is 5.26. The monoisotopic (exact) mass is 365 g/mol. The molecular weight excluding hydrogens is 345 g/mol. The summed E-state index contributed by atoms with van der Waals surface area (Å²) in [5.41, 5.74) is 1.52. The number of aryl methyl sites for hydroxylation is 1. The van der Waals surface area contributed by atoms with Gasteiger partial charge in [0.25, 0.3) is 0 Å². The maximum Gasteiger partial charge on any atom is 0.0659 e. The summed E-state index contributed by atoms with van der Waals surface area (Å²) in [6.45, 7) is 2.47. The number of thiophene rings is 1. The molecule has 0 radical (unpaired) electrons. The lowest BCUT2D eigenvalue weighted by Gasteiger charge is -2.28. The van der Waals surface area contributed by atoms with Crippen molar-refractivity contribution in [2.45, 2.75) is 51.1 Å². The third kappa shape index (κ3) is 3.43. The molecule has 2 unspecified atom stereocenters. The van der Waals surface area contributed by atoms with E-state index in [2.05, 4.69) is 40.9 Å². The molecule has 2 N–H and O–H groups in total. The van der Waals surface area contributed by atoms with Crippen molar-refractivity contribution in [1.29, 1.82) is 0 Å². The molecule has 96 valence electrons. The number of aliphatic hydroxyl groups excluding tert-OH is 1. The van der Waals surface area contributed by atoms with Crippen molar-refractivity contribution in [2.75, 3.05) is 6.61 Å². The number of rotatable bonds is 5. The van der Waals surface area contributed by atoms with Crippen molar-refractivity contribution < 1.29 is 5.11 Å². The summed E-state index contributed by atoms with van der Waals surface area (Å²) in [4.78, 5) is 1.57. The van der Waals surface area contributed by atoms with Crippen LogP contribution in [0.15, 0.2) is 6.07 Å². The summed E-state index contributed by atoms with van der Waals surface area (Å²) >= 11 is 4.36. The maximum absolute atomic E-state index is 9.06. The van der Waals surface area contributed by atoms with Crippen molar-refractivity contribution in [3.63, 3.8) is 0 Å². The van der Waals surface area contributed by atoms with E-state index in [0.29, 0.717) is 12.1 Å². The van der Waals surface area contributed by atoms with Crippen LogP contribution in [0.4, 0.5) is 0 Å². The Morgan fingerprint density at radius 3 is 3.18 bits per heavy atom. The van der Waals surface area contributed by atoms with Gasteiger partial charge in [0.1, 0.15) is 0 Å². The summed E-state index contributed by atoms with van der Waals surface area (Å²) < 4.78 is 1.40. The Bertz CT molecular complexity index is 366. The van der Waals surface area contributed by atoms with Crippen LogP contribution in [0.25, 0.3) is 0 Å². The molecule has 1 aromatic heterocycles. The van der Waals surface area contributed by atoms with E-state index >= 15 is 0 Å². The summed E-state index contributed by atoms with van der Waals surface area (Å²) in [5, 5.41) is 12.8. The number of hydrogen-bond acceptors (Lipinski definition) is 3. The Hall–Kier alpha value is 0.350. The number of fused-ring (bicyclic) bond motifs is 1.